The Balaban J connectivity index is 1.63. The number of nitrogens with two attached hydrogens (primary N) is 1. The number of rotatable bonds is 5. The van der Waals surface area contributed by atoms with Crippen LogP contribution in [0.2, 0.25) is 0 Å². The summed E-state index contributed by atoms with van der Waals surface area (Å²) in [5.41, 5.74) is 5.67. The highest BCUT2D eigenvalue weighted by molar-refractivity contribution is 5.42. The van der Waals surface area contributed by atoms with Crippen LogP contribution in [0.4, 0.5) is 5.82 Å². The number of aromatic nitrogens is 2. The summed E-state index contributed by atoms with van der Waals surface area (Å²) in [5, 5.41) is 0. The predicted molar refractivity (Wildman–Crippen MR) is 70.5 cm³/mol. The van der Waals surface area contributed by atoms with E-state index in [4.69, 9.17) is 10.5 Å². The number of piperazine rings is 1. The highest BCUT2D eigenvalue weighted by atomic mass is 16.5. The van der Waals surface area contributed by atoms with Gasteiger partial charge in [-0.25, -0.2) is 9.97 Å². The van der Waals surface area contributed by atoms with Crippen LogP contribution in [0.3, 0.4) is 0 Å². The molecule has 0 atom stereocenters. The molecule has 1 fully saturated rings. The molecule has 0 unspecified atom stereocenters. The summed E-state index contributed by atoms with van der Waals surface area (Å²) in [7, 11) is 2.17. The zero-order valence-electron chi connectivity index (χ0n) is 10.9. The Labute approximate surface area is 108 Å². The third-order valence-corrected chi connectivity index (χ3v) is 3.18. The van der Waals surface area contributed by atoms with E-state index in [1.165, 1.54) is 6.33 Å². The third kappa shape index (κ3) is 3.82. The molecule has 100 valence electrons. The summed E-state index contributed by atoms with van der Waals surface area (Å²) in [6.45, 7) is 6.33. The van der Waals surface area contributed by atoms with Crippen LogP contribution < -0.4 is 10.5 Å². The summed E-state index contributed by atoms with van der Waals surface area (Å²) >= 11 is 0. The number of hydrogen-bond acceptors (Lipinski definition) is 6. The maximum Gasteiger partial charge on any atom is 0.179 e. The molecule has 2 rings (SSSR count). The van der Waals surface area contributed by atoms with Crippen LogP contribution >= 0.6 is 0 Å². The molecule has 18 heavy (non-hydrogen) atoms. The van der Waals surface area contributed by atoms with E-state index in [-0.39, 0.29) is 0 Å². The first-order valence-electron chi connectivity index (χ1n) is 6.35. The first-order valence-corrected chi connectivity index (χ1v) is 6.35. The van der Waals surface area contributed by atoms with Gasteiger partial charge in [0.25, 0.3) is 0 Å². The fourth-order valence-corrected chi connectivity index (χ4v) is 1.98. The van der Waals surface area contributed by atoms with Gasteiger partial charge in [0, 0.05) is 32.7 Å². The van der Waals surface area contributed by atoms with E-state index in [0.29, 0.717) is 18.2 Å². The van der Waals surface area contributed by atoms with Gasteiger partial charge in [-0.15, -0.1) is 0 Å². The molecule has 1 saturated heterocycles. The monoisotopic (exact) mass is 251 g/mol. The Bertz CT molecular complexity index is 365. The van der Waals surface area contributed by atoms with Gasteiger partial charge in [0.2, 0.25) is 0 Å². The second-order valence-corrected chi connectivity index (χ2v) is 4.62. The lowest BCUT2D eigenvalue weighted by Crippen LogP contribution is -2.44. The summed E-state index contributed by atoms with van der Waals surface area (Å²) in [6.07, 6.45) is 4.03. The number of likely N-dealkylation sites (N-methyl/N-ethyl adjacent to an activating group) is 1. The van der Waals surface area contributed by atoms with Crippen molar-refractivity contribution in [2.24, 2.45) is 0 Å². The van der Waals surface area contributed by atoms with Gasteiger partial charge in [-0.1, -0.05) is 0 Å². The molecule has 0 aromatic carbocycles. The molecule has 0 spiro atoms. The van der Waals surface area contributed by atoms with E-state index in [1.54, 1.807) is 6.20 Å². The van der Waals surface area contributed by atoms with E-state index in [0.717, 1.165) is 39.1 Å². The molecule has 1 aliphatic heterocycles. The minimum Gasteiger partial charge on any atom is -0.488 e. The van der Waals surface area contributed by atoms with Crippen molar-refractivity contribution in [2.45, 2.75) is 6.42 Å². The summed E-state index contributed by atoms with van der Waals surface area (Å²) in [4.78, 5) is 12.6. The van der Waals surface area contributed by atoms with Gasteiger partial charge >= 0.3 is 0 Å². The molecule has 0 amide bonds. The second-order valence-electron chi connectivity index (χ2n) is 4.62. The van der Waals surface area contributed by atoms with Gasteiger partial charge in [-0.3, -0.25) is 0 Å². The zero-order valence-corrected chi connectivity index (χ0v) is 10.9. The van der Waals surface area contributed by atoms with E-state index < -0.39 is 0 Å². The van der Waals surface area contributed by atoms with Gasteiger partial charge in [0.15, 0.2) is 11.6 Å². The quantitative estimate of drug-likeness (QED) is 0.747. The van der Waals surface area contributed by atoms with Crippen LogP contribution in [0.15, 0.2) is 12.5 Å². The predicted octanol–water partition coefficient (Wildman–Crippen LogP) is 0.0751. The molecule has 0 radical (unpaired) electrons. The molecule has 2 N–H and O–H groups in total. The van der Waals surface area contributed by atoms with Crippen molar-refractivity contribution in [3.63, 3.8) is 0 Å². The summed E-state index contributed by atoms with van der Waals surface area (Å²) in [5.74, 6) is 0.987. The van der Waals surface area contributed by atoms with Crippen molar-refractivity contribution >= 4 is 5.82 Å². The van der Waals surface area contributed by atoms with Gasteiger partial charge in [0.05, 0.1) is 12.8 Å². The van der Waals surface area contributed by atoms with Crippen LogP contribution in [-0.4, -0.2) is 66.1 Å². The third-order valence-electron chi connectivity index (χ3n) is 3.18. The fraction of sp³-hybridized carbons (Fsp3) is 0.667. The topological polar surface area (TPSA) is 67.5 Å². The molecule has 0 aliphatic carbocycles. The average molecular weight is 251 g/mol. The molecule has 6 nitrogen and oxygen atoms in total. The Morgan fingerprint density at radius 3 is 2.83 bits per heavy atom. The minimum atomic E-state index is 0.407. The largest absolute Gasteiger partial charge is 0.488 e. The first kappa shape index (κ1) is 13.0. The van der Waals surface area contributed by atoms with Crippen LogP contribution in [0.1, 0.15) is 6.42 Å². The molecule has 0 saturated carbocycles. The Morgan fingerprint density at radius 2 is 2.11 bits per heavy atom. The number of hydrogen-bond donors (Lipinski definition) is 1. The normalized spacial score (nSPS) is 17.8. The van der Waals surface area contributed by atoms with Crippen molar-refractivity contribution in [3.8, 4) is 5.75 Å². The smallest absolute Gasteiger partial charge is 0.179 e. The maximum absolute atomic E-state index is 5.67. The average Bonchev–Trinajstić information content (AvgIpc) is 2.39. The first-order chi connectivity index (χ1) is 8.75. The van der Waals surface area contributed by atoms with Crippen LogP contribution in [0.5, 0.6) is 5.75 Å². The number of anilines is 1. The molecular weight excluding hydrogens is 230 g/mol. The molecule has 2 heterocycles. The highest BCUT2D eigenvalue weighted by Crippen LogP contribution is 2.15. The van der Waals surface area contributed by atoms with Crippen molar-refractivity contribution in [1.29, 1.82) is 0 Å². The lowest BCUT2D eigenvalue weighted by Gasteiger charge is -2.32. The molecule has 1 aromatic rings. The summed E-state index contributed by atoms with van der Waals surface area (Å²) in [6, 6.07) is 0. The van der Waals surface area contributed by atoms with Crippen LogP contribution in [0.25, 0.3) is 0 Å². The maximum atomic E-state index is 5.67. The van der Waals surface area contributed by atoms with Crippen molar-refractivity contribution < 1.29 is 4.74 Å². The van der Waals surface area contributed by atoms with Gasteiger partial charge in [0.1, 0.15) is 6.33 Å². The fourth-order valence-electron chi connectivity index (χ4n) is 1.98. The zero-order chi connectivity index (χ0) is 12.8. The summed E-state index contributed by atoms with van der Waals surface area (Å²) < 4.78 is 5.56. The molecule has 6 heteroatoms. The highest BCUT2D eigenvalue weighted by Gasteiger charge is 2.12. The number of ether oxygens (including phenoxy) is 1. The lowest BCUT2D eigenvalue weighted by atomic mass is 10.3. The standard InChI is InChI=1S/C12H21N5O/c1-16-4-6-17(7-5-16)3-2-8-18-11-9-14-10-15-12(11)13/h9-10H,2-8H2,1H3,(H2,13,14,15). The number of nitrogen functional groups attached to an aromatic ring is 1. The van der Waals surface area contributed by atoms with Gasteiger partial charge in [-0.2, -0.15) is 0 Å². The second kappa shape index (κ2) is 6.51. The van der Waals surface area contributed by atoms with E-state index >= 15 is 0 Å². The van der Waals surface area contributed by atoms with Crippen LogP contribution in [-0.2, 0) is 0 Å². The molecule has 1 aliphatic rings. The molecule has 0 bridgehead atoms. The van der Waals surface area contributed by atoms with Crippen molar-refractivity contribution in [3.05, 3.63) is 12.5 Å². The Kier molecular flexibility index (Phi) is 4.72. The molecular formula is C12H21N5O. The SMILES string of the molecule is CN1CCN(CCCOc2cncnc2N)CC1. The van der Waals surface area contributed by atoms with Gasteiger partial charge in [-0.05, 0) is 13.5 Å². The Hall–Kier alpha value is -1.40. The van der Waals surface area contributed by atoms with E-state index in [1.807, 2.05) is 0 Å². The van der Waals surface area contributed by atoms with Crippen molar-refractivity contribution in [1.82, 2.24) is 19.8 Å². The lowest BCUT2D eigenvalue weighted by molar-refractivity contribution is 0.145. The van der Waals surface area contributed by atoms with E-state index in [2.05, 4.69) is 26.8 Å². The minimum absolute atomic E-state index is 0.407. The van der Waals surface area contributed by atoms with Crippen molar-refractivity contribution in [2.75, 3.05) is 52.1 Å². The Morgan fingerprint density at radius 1 is 1.33 bits per heavy atom. The van der Waals surface area contributed by atoms with E-state index in [9.17, 15) is 0 Å². The number of nitrogens with zero attached hydrogens (tertiary/aromatic N) is 4. The van der Waals surface area contributed by atoms with Gasteiger partial charge < -0.3 is 20.3 Å². The van der Waals surface area contributed by atoms with Crippen LogP contribution in [0, 0.1) is 0 Å². The molecule has 1 aromatic heterocycles.